The number of carbonyl (C=O) groups excluding carboxylic acids is 2. The molecule has 0 spiro atoms. The Hall–Kier alpha value is -3.49. The molecule has 1 N–H and O–H groups in total. The fourth-order valence-electron chi connectivity index (χ4n) is 2.96. The van der Waals surface area contributed by atoms with Crippen molar-refractivity contribution in [3.8, 4) is 17.2 Å². The third-order valence-electron chi connectivity index (χ3n) is 4.12. The molecule has 0 aliphatic carbocycles. The number of ketones is 1. The molecule has 3 aromatic rings. The second-order valence-electron chi connectivity index (χ2n) is 6.15. The summed E-state index contributed by atoms with van der Waals surface area (Å²) < 4.78 is 12.6. The van der Waals surface area contributed by atoms with Crippen molar-refractivity contribution in [2.45, 2.75) is 34.2 Å². The van der Waals surface area contributed by atoms with Crippen LogP contribution in [0.2, 0.25) is 0 Å². The number of nitrogens with zero attached hydrogens (tertiary/aromatic N) is 4. The van der Waals surface area contributed by atoms with Crippen LogP contribution in [-0.4, -0.2) is 38.3 Å². The van der Waals surface area contributed by atoms with E-state index in [0.717, 1.165) is 0 Å². The Morgan fingerprint density at radius 1 is 1.21 bits per heavy atom. The minimum atomic E-state index is -0.394. The number of hydrogen-bond acceptors (Lipinski definition) is 7. The summed E-state index contributed by atoms with van der Waals surface area (Å²) in [7, 11) is 0. The number of rotatable bonds is 7. The van der Waals surface area contributed by atoms with Crippen LogP contribution >= 0.6 is 0 Å². The van der Waals surface area contributed by atoms with Crippen molar-refractivity contribution in [2.24, 2.45) is 0 Å². The molecule has 0 fully saturated rings. The Bertz CT molecular complexity index is 1020. The quantitative estimate of drug-likeness (QED) is 0.624. The first-order chi connectivity index (χ1) is 13.4. The molecule has 2 aromatic heterocycles. The van der Waals surface area contributed by atoms with Gasteiger partial charge in [-0.05, 0) is 39.8 Å². The van der Waals surface area contributed by atoms with Gasteiger partial charge in [0, 0.05) is 5.69 Å². The van der Waals surface area contributed by atoms with E-state index in [0.29, 0.717) is 34.9 Å². The maximum atomic E-state index is 12.3. The number of aromatic nitrogens is 4. The molecular formula is C19H21N5O4. The Labute approximate surface area is 161 Å². The number of carbonyl (C=O) groups is 2. The highest BCUT2D eigenvalue weighted by molar-refractivity contribution is 5.96. The Balaban J connectivity index is 1.73. The lowest BCUT2D eigenvalue weighted by molar-refractivity contribution is -0.117. The lowest BCUT2D eigenvalue weighted by atomic mass is 10.1. The van der Waals surface area contributed by atoms with Crippen LogP contribution in [0, 0.1) is 13.8 Å². The third-order valence-corrected chi connectivity index (χ3v) is 4.12. The van der Waals surface area contributed by atoms with Crippen LogP contribution in [0.25, 0.3) is 11.5 Å². The molecule has 0 atom stereocenters. The van der Waals surface area contributed by atoms with E-state index < -0.39 is 5.91 Å². The Morgan fingerprint density at radius 2 is 1.96 bits per heavy atom. The summed E-state index contributed by atoms with van der Waals surface area (Å²) in [5, 5.41) is 14.6. The molecular weight excluding hydrogens is 362 g/mol. The maximum absolute atomic E-state index is 12.3. The minimum absolute atomic E-state index is 0.0281. The molecule has 1 aromatic carbocycles. The number of anilines is 1. The number of Topliss-reactive ketones (excluding diaryl/α,β-unsaturated/α-hetero) is 1. The predicted molar refractivity (Wildman–Crippen MR) is 101 cm³/mol. The maximum Gasteiger partial charge on any atom is 0.322 e. The number of aryl methyl sites for hydroxylation is 1. The lowest BCUT2D eigenvalue weighted by Gasteiger charge is -2.06. The molecule has 9 nitrogen and oxygen atoms in total. The molecule has 0 saturated heterocycles. The van der Waals surface area contributed by atoms with Gasteiger partial charge in [0.2, 0.25) is 5.91 Å². The van der Waals surface area contributed by atoms with Crippen LogP contribution < -0.4 is 10.1 Å². The van der Waals surface area contributed by atoms with E-state index in [-0.39, 0.29) is 24.2 Å². The van der Waals surface area contributed by atoms with Crippen molar-refractivity contribution in [3.63, 3.8) is 0 Å². The van der Waals surface area contributed by atoms with Crippen molar-refractivity contribution in [1.29, 1.82) is 0 Å². The van der Waals surface area contributed by atoms with Crippen LogP contribution in [0.15, 0.2) is 28.7 Å². The van der Waals surface area contributed by atoms with Gasteiger partial charge in [-0.25, -0.2) is 0 Å². The molecule has 1 amide bonds. The molecule has 3 rings (SSSR count). The largest absolute Gasteiger partial charge is 0.493 e. The summed E-state index contributed by atoms with van der Waals surface area (Å²) >= 11 is 0. The van der Waals surface area contributed by atoms with Gasteiger partial charge in [0.15, 0.2) is 5.78 Å². The summed E-state index contributed by atoms with van der Waals surface area (Å²) in [5.74, 6) is 0.375. The first-order valence-corrected chi connectivity index (χ1v) is 8.81. The summed E-state index contributed by atoms with van der Waals surface area (Å²) in [6.45, 7) is 7.26. The van der Waals surface area contributed by atoms with Gasteiger partial charge in [-0.3, -0.25) is 19.6 Å². The van der Waals surface area contributed by atoms with Crippen LogP contribution in [-0.2, 0) is 11.3 Å². The summed E-state index contributed by atoms with van der Waals surface area (Å²) in [6.07, 6.45) is 0. The van der Waals surface area contributed by atoms with Gasteiger partial charge < -0.3 is 9.15 Å². The van der Waals surface area contributed by atoms with E-state index in [1.807, 2.05) is 19.1 Å². The standard InChI is InChI=1S/C19H21N5O4/c1-5-27-15-9-7-6-8-14(15)18-21-22-19(28-18)20-16(26)10-24-12(3)17(13(4)25)11(2)23-24/h6-9H,5,10H2,1-4H3,(H,20,22,26). The second-order valence-corrected chi connectivity index (χ2v) is 6.15. The van der Waals surface area contributed by atoms with Gasteiger partial charge >= 0.3 is 6.01 Å². The van der Waals surface area contributed by atoms with Gasteiger partial charge in [-0.2, -0.15) is 5.10 Å². The van der Waals surface area contributed by atoms with E-state index in [9.17, 15) is 9.59 Å². The molecule has 2 heterocycles. The molecule has 0 unspecified atom stereocenters. The van der Waals surface area contributed by atoms with Crippen LogP contribution in [0.5, 0.6) is 5.75 Å². The molecule has 0 saturated carbocycles. The van der Waals surface area contributed by atoms with E-state index in [1.54, 1.807) is 26.0 Å². The first kappa shape index (κ1) is 19.3. The zero-order valence-corrected chi connectivity index (χ0v) is 16.1. The van der Waals surface area contributed by atoms with Gasteiger partial charge in [0.1, 0.15) is 12.3 Å². The van der Waals surface area contributed by atoms with Gasteiger partial charge in [0.05, 0.1) is 23.4 Å². The van der Waals surface area contributed by atoms with Crippen LogP contribution in [0.3, 0.4) is 0 Å². The zero-order chi connectivity index (χ0) is 20.3. The highest BCUT2D eigenvalue weighted by Crippen LogP contribution is 2.29. The molecule has 28 heavy (non-hydrogen) atoms. The minimum Gasteiger partial charge on any atom is -0.493 e. The SMILES string of the molecule is CCOc1ccccc1-c1nnc(NC(=O)Cn2nc(C)c(C(C)=O)c2C)o1. The number of hydrogen-bond donors (Lipinski definition) is 1. The lowest BCUT2D eigenvalue weighted by Crippen LogP contribution is -2.20. The molecule has 0 aliphatic rings. The van der Waals surface area contributed by atoms with Crippen LogP contribution in [0.4, 0.5) is 6.01 Å². The average molecular weight is 383 g/mol. The highest BCUT2D eigenvalue weighted by atomic mass is 16.5. The fraction of sp³-hybridized carbons (Fsp3) is 0.316. The normalized spacial score (nSPS) is 10.7. The predicted octanol–water partition coefficient (Wildman–Crippen LogP) is 2.79. The topological polar surface area (TPSA) is 112 Å². The Kier molecular flexibility index (Phi) is 5.53. The van der Waals surface area contributed by atoms with Crippen molar-refractivity contribution in [2.75, 3.05) is 11.9 Å². The summed E-state index contributed by atoms with van der Waals surface area (Å²) in [5.41, 5.74) is 2.39. The van der Waals surface area contributed by atoms with Gasteiger partial charge in [-0.1, -0.05) is 17.2 Å². The average Bonchev–Trinajstić information content (AvgIpc) is 3.20. The third kappa shape index (κ3) is 3.93. The smallest absolute Gasteiger partial charge is 0.322 e. The fourth-order valence-corrected chi connectivity index (χ4v) is 2.96. The molecule has 146 valence electrons. The Morgan fingerprint density at radius 3 is 2.64 bits per heavy atom. The number of para-hydroxylation sites is 1. The first-order valence-electron chi connectivity index (χ1n) is 8.81. The van der Waals surface area contributed by atoms with Crippen molar-refractivity contribution < 1.29 is 18.7 Å². The highest BCUT2D eigenvalue weighted by Gasteiger charge is 2.19. The van der Waals surface area contributed by atoms with Gasteiger partial charge in [0.25, 0.3) is 5.89 Å². The monoisotopic (exact) mass is 383 g/mol. The summed E-state index contributed by atoms with van der Waals surface area (Å²) in [4.78, 5) is 24.0. The van der Waals surface area contributed by atoms with Crippen molar-refractivity contribution in [1.82, 2.24) is 20.0 Å². The zero-order valence-electron chi connectivity index (χ0n) is 16.1. The van der Waals surface area contributed by atoms with E-state index >= 15 is 0 Å². The van der Waals surface area contributed by atoms with Crippen molar-refractivity contribution in [3.05, 3.63) is 41.2 Å². The molecule has 0 radical (unpaired) electrons. The van der Waals surface area contributed by atoms with Crippen LogP contribution in [0.1, 0.15) is 35.6 Å². The molecule has 0 aliphatic heterocycles. The van der Waals surface area contributed by atoms with E-state index in [4.69, 9.17) is 9.15 Å². The summed E-state index contributed by atoms with van der Waals surface area (Å²) in [6, 6.07) is 7.24. The molecule has 0 bridgehead atoms. The van der Waals surface area contributed by atoms with Crippen molar-refractivity contribution >= 4 is 17.7 Å². The van der Waals surface area contributed by atoms with E-state index in [2.05, 4.69) is 20.6 Å². The van der Waals surface area contributed by atoms with E-state index in [1.165, 1.54) is 11.6 Å². The number of benzene rings is 1. The second kappa shape index (κ2) is 8.03. The van der Waals surface area contributed by atoms with Gasteiger partial charge in [-0.15, -0.1) is 5.10 Å². The molecule has 9 heteroatoms. The number of ether oxygens (including phenoxy) is 1. The number of amides is 1. The number of nitrogens with one attached hydrogen (secondary N) is 1.